The number of para-hydroxylation sites is 1. The minimum Gasteiger partial charge on any atom is -0.481 e. The van der Waals surface area contributed by atoms with Gasteiger partial charge in [-0.25, -0.2) is 15.0 Å². The fraction of sp³-hybridized carbons (Fsp3) is 0.111. The van der Waals surface area contributed by atoms with E-state index in [9.17, 15) is 10.1 Å². The summed E-state index contributed by atoms with van der Waals surface area (Å²) in [6.45, 7) is 1.89. The summed E-state index contributed by atoms with van der Waals surface area (Å²) in [6.07, 6.45) is 2.77. The van der Waals surface area contributed by atoms with Crippen LogP contribution in [-0.2, 0) is 0 Å². The number of nitrogen functional groups attached to an aromatic ring is 1. The van der Waals surface area contributed by atoms with Gasteiger partial charge in [0, 0.05) is 23.0 Å². The highest BCUT2D eigenvalue weighted by Gasteiger charge is 2.20. The van der Waals surface area contributed by atoms with Crippen molar-refractivity contribution in [2.24, 2.45) is 0 Å². The molecular formula is C27H22N8O2. The Labute approximate surface area is 212 Å². The van der Waals surface area contributed by atoms with Crippen LogP contribution in [0.1, 0.15) is 24.2 Å². The van der Waals surface area contributed by atoms with Gasteiger partial charge in [0.25, 0.3) is 5.56 Å². The number of nitriles is 1. The van der Waals surface area contributed by atoms with Crippen LogP contribution in [0.25, 0.3) is 27.7 Å². The number of nitrogens with two attached hydrogens (primary N) is 1. The van der Waals surface area contributed by atoms with Crippen molar-refractivity contribution >= 4 is 22.5 Å². The molecule has 37 heavy (non-hydrogen) atoms. The lowest BCUT2D eigenvalue weighted by molar-refractivity contribution is 0.397. The summed E-state index contributed by atoms with van der Waals surface area (Å²) in [5, 5.41) is 14.0. The third kappa shape index (κ3) is 4.41. The number of nitrogens with zero attached hydrogens (tertiary/aromatic N) is 6. The standard InChI is InChI=1S/C27H22N8O2/c1-16(33-25-18(13-28)14-30-27(29)34-25)22-11-17-7-6-10-20(21-12-23(37-2)32-15-31-21)24(17)26(36)35(22)19-8-4-3-5-9-19/h3-12,14-16H,1-2H3,(H3,29,30,33,34)/t16-/m0/s1. The summed E-state index contributed by atoms with van der Waals surface area (Å²) in [5.41, 5.74) is 8.38. The van der Waals surface area contributed by atoms with Crippen molar-refractivity contribution in [1.82, 2.24) is 24.5 Å². The maximum atomic E-state index is 14.2. The van der Waals surface area contributed by atoms with Crippen LogP contribution in [0.5, 0.6) is 5.88 Å². The Morgan fingerprint density at radius 2 is 1.89 bits per heavy atom. The number of methoxy groups -OCH3 is 1. The van der Waals surface area contributed by atoms with Crippen LogP contribution in [-0.4, -0.2) is 31.6 Å². The third-order valence-corrected chi connectivity index (χ3v) is 5.94. The molecule has 0 bridgehead atoms. The van der Waals surface area contributed by atoms with E-state index in [1.165, 1.54) is 19.6 Å². The van der Waals surface area contributed by atoms with Crippen molar-refractivity contribution in [2.45, 2.75) is 13.0 Å². The van der Waals surface area contributed by atoms with E-state index in [-0.39, 0.29) is 22.9 Å². The van der Waals surface area contributed by atoms with Crippen LogP contribution in [0.2, 0.25) is 0 Å². The van der Waals surface area contributed by atoms with Crippen LogP contribution in [0.4, 0.5) is 11.8 Å². The summed E-state index contributed by atoms with van der Waals surface area (Å²) in [7, 11) is 1.53. The van der Waals surface area contributed by atoms with Gasteiger partial charge in [-0.05, 0) is 30.5 Å². The Morgan fingerprint density at radius 1 is 1.08 bits per heavy atom. The van der Waals surface area contributed by atoms with E-state index < -0.39 is 6.04 Å². The number of ether oxygens (including phenoxy) is 1. The molecule has 0 unspecified atom stereocenters. The highest BCUT2D eigenvalue weighted by atomic mass is 16.5. The molecule has 5 aromatic rings. The van der Waals surface area contributed by atoms with Gasteiger partial charge in [-0.3, -0.25) is 9.36 Å². The molecule has 0 aliphatic rings. The number of rotatable bonds is 6. The highest BCUT2D eigenvalue weighted by molar-refractivity contribution is 5.95. The first-order chi connectivity index (χ1) is 18.0. The lowest BCUT2D eigenvalue weighted by Gasteiger charge is -2.22. The van der Waals surface area contributed by atoms with Gasteiger partial charge in [0.1, 0.15) is 23.8 Å². The second kappa shape index (κ2) is 9.75. The van der Waals surface area contributed by atoms with Crippen molar-refractivity contribution < 1.29 is 4.74 Å². The molecule has 10 nitrogen and oxygen atoms in total. The number of pyridine rings is 1. The number of nitrogens with one attached hydrogen (secondary N) is 1. The van der Waals surface area contributed by atoms with Crippen molar-refractivity contribution in [1.29, 1.82) is 5.26 Å². The molecule has 0 spiro atoms. The molecule has 182 valence electrons. The van der Waals surface area contributed by atoms with Crippen LogP contribution in [0, 0.1) is 11.3 Å². The molecule has 0 fully saturated rings. The second-order valence-electron chi connectivity index (χ2n) is 8.23. The van der Waals surface area contributed by atoms with Gasteiger partial charge >= 0.3 is 0 Å². The molecule has 0 amide bonds. The van der Waals surface area contributed by atoms with E-state index in [0.29, 0.717) is 33.9 Å². The maximum Gasteiger partial charge on any atom is 0.263 e. The number of aromatic nitrogens is 5. The molecule has 0 saturated carbocycles. The molecule has 0 aliphatic carbocycles. The second-order valence-corrected chi connectivity index (χ2v) is 8.23. The van der Waals surface area contributed by atoms with Crippen LogP contribution in [0.3, 0.4) is 0 Å². The lowest BCUT2D eigenvalue weighted by Crippen LogP contribution is -2.26. The Bertz CT molecular complexity index is 1710. The van der Waals surface area contributed by atoms with Crippen molar-refractivity contribution in [3.8, 4) is 28.9 Å². The largest absolute Gasteiger partial charge is 0.481 e. The zero-order valence-electron chi connectivity index (χ0n) is 20.1. The normalized spacial score (nSPS) is 11.6. The summed E-state index contributed by atoms with van der Waals surface area (Å²) in [6, 6.07) is 20.2. The molecule has 5 rings (SSSR count). The van der Waals surface area contributed by atoms with Crippen molar-refractivity contribution in [3.63, 3.8) is 0 Å². The smallest absolute Gasteiger partial charge is 0.263 e. The van der Waals surface area contributed by atoms with Crippen LogP contribution < -0.4 is 21.3 Å². The van der Waals surface area contributed by atoms with E-state index in [4.69, 9.17) is 10.5 Å². The van der Waals surface area contributed by atoms with Crippen LogP contribution >= 0.6 is 0 Å². The van der Waals surface area contributed by atoms with Gasteiger partial charge in [0.2, 0.25) is 11.8 Å². The summed E-state index contributed by atoms with van der Waals surface area (Å²) in [5.74, 6) is 0.728. The minimum atomic E-state index is -0.429. The van der Waals surface area contributed by atoms with E-state index >= 15 is 0 Å². The molecule has 1 atom stereocenters. The van der Waals surface area contributed by atoms with Crippen LogP contribution in [0.15, 0.2) is 78.0 Å². The molecule has 10 heteroatoms. The summed E-state index contributed by atoms with van der Waals surface area (Å²) < 4.78 is 6.91. The molecule has 3 N–H and O–H groups in total. The van der Waals surface area contributed by atoms with E-state index in [0.717, 1.165) is 5.39 Å². The molecule has 2 aromatic carbocycles. The minimum absolute atomic E-state index is 0.0394. The third-order valence-electron chi connectivity index (χ3n) is 5.94. The quantitative estimate of drug-likeness (QED) is 0.362. The predicted molar refractivity (Wildman–Crippen MR) is 140 cm³/mol. The average molecular weight is 491 g/mol. The van der Waals surface area contributed by atoms with Gasteiger partial charge in [-0.15, -0.1) is 0 Å². The first kappa shape index (κ1) is 23.4. The number of anilines is 2. The Hall–Kier alpha value is -5.30. The molecular weight excluding hydrogens is 468 g/mol. The molecule has 3 heterocycles. The van der Waals surface area contributed by atoms with Gasteiger partial charge in [-0.2, -0.15) is 10.2 Å². The van der Waals surface area contributed by atoms with Crippen molar-refractivity contribution in [3.05, 3.63) is 94.8 Å². The van der Waals surface area contributed by atoms with E-state index in [2.05, 4.69) is 31.3 Å². The average Bonchev–Trinajstić information content (AvgIpc) is 2.93. The Kier molecular flexibility index (Phi) is 6.18. The lowest BCUT2D eigenvalue weighted by atomic mass is 10.0. The fourth-order valence-electron chi connectivity index (χ4n) is 4.22. The molecule has 0 saturated heterocycles. The van der Waals surface area contributed by atoms with Gasteiger partial charge in [-0.1, -0.05) is 36.4 Å². The van der Waals surface area contributed by atoms with E-state index in [1.54, 1.807) is 10.6 Å². The maximum absolute atomic E-state index is 14.2. The SMILES string of the molecule is COc1cc(-c2cccc3cc([C@H](C)Nc4nc(N)ncc4C#N)n(-c4ccccc4)c(=O)c23)ncn1. The number of hydrogen-bond donors (Lipinski definition) is 2. The Balaban J connectivity index is 1.74. The van der Waals surface area contributed by atoms with Gasteiger partial charge in [0.15, 0.2) is 0 Å². The van der Waals surface area contributed by atoms with Gasteiger partial charge in [0.05, 0.1) is 30.4 Å². The topological polar surface area (TPSA) is 145 Å². The molecule has 3 aromatic heterocycles. The zero-order valence-corrected chi connectivity index (χ0v) is 20.1. The fourth-order valence-corrected chi connectivity index (χ4v) is 4.22. The monoisotopic (exact) mass is 490 g/mol. The first-order valence-electron chi connectivity index (χ1n) is 11.4. The molecule has 0 aliphatic heterocycles. The summed E-state index contributed by atoms with van der Waals surface area (Å²) in [4.78, 5) is 30.7. The number of hydrogen-bond acceptors (Lipinski definition) is 9. The number of fused-ring (bicyclic) bond motifs is 1. The van der Waals surface area contributed by atoms with E-state index in [1.807, 2.05) is 61.5 Å². The zero-order chi connectivity index (χ0) is 25.9. The first-order valence-corrected chi connectivity index (χ1v) is 11.4. The summed E-state index contributed by atoms with van der Waals surface area (Å²) >= 11 is 0. The Morgan fingerprint density at radius 3 is 2.65 bits per heavy atom. The molecule has 0 radical (unpaired) electrons. The predicted octanol–water partition coefficient (Wildman–Crippen LogP) is 3.87. The highest BCUT2D eigenvalue weighted by Crippen LogP contribution is 2.30. The van der Waals surface area contributed by atoms with Gasteiger partial charge < -0.3 is 15.8 Å². The van der Waals surface area contributed by atoms with Crippen molar-refractivity contribution in [2.75, 3.05) is 18.2 Å². The number of benzene rings is 2.